The molecule has 0 atom stereocenters. The van der Waals surface area contributed by atoms with Gasteiger partial charge in [0, 0.05) is 25.2 Å². The summed E-state index contributed by atoms with van der Waals surface area (Å²) in [5, 5.41) is 0. The summed E-state index contributed by atoms with van der Waals surface area (Å²) < 4.78 is 11.0. The summed E-state index contributed by atoms with van der Waals surface area (Å²) in [6, 6.07) is 4.27. The number of amides is 1. The van der Waals surface area contributed by atoms with Crippen molar-refractivity contribution in [1.29, 1.82) is 0 Å². The van der Waals surface area contributed by atoms with Crippen LogP contribution in [0.2, 0.25) is 0 Å². The SMILES string of the molecule is COc1cc2c(cc1CN(C)C)CCN(C(=O)OC(C)(C)C)C2. The van der Waals surface area contributed by atoms with Gasteiger partial charge in [-0.1, -0.05) is 6.07 Å². The van der Waals surface area contributed by atoms with Crippen LogP contribution in [-0.4, -0.2) is 49.2 Å². The van der Waals surface area contributed by atoms with E-state index < -0.39 is 5.60 Å². The minimum absolute atomic E-state index is 0.250. The Hall–Kier alpha value is -1.75. The summed E-state index contributed by atoms with van der Waals surface area (Å²) in [7, 11) is 5.78. The van der Waals surface area contributed by atoms with Gasteiger partial charge in [0.2, 0.25) is 0 Å². The summed E-state index contributed by atoms with van der Waals surface area (Å²) in [5.41, 5.74) is 3.15. The number of carbonyl (C=O) groups excluding carboxylic acids is 1. The molecule has 128 valence electrons. The molecule has 0 unspecified atom stereocenters. The molecule has 1 aliphatic heterocycles. The summed E-state index contributed by atoms with van der Waals surface area (Å²) >= 11 is 0. The fraction of sp³-hybridized carbons (Fsp3) is 0.611. The van der Waals surface area contributed by atoms with Crippen LogP contribution in [0.15, 0.2) is 12.1 Å². The summed E-state index contributed by atoms with van der Waals surface area (Å²) in [4.78, 5) is 16.1. The van der Waals surface area contributed by atoms with Gasteiger partial charge < -0.3 is 19.3 Å². The lowest BCUT2D eigenvalue weighted by atomic mass is 9.96. The highest BCUT2D eigenvalue weighted by atomic mass is 16.6. The van der Waals surface area contributed by atoms with Gasteiger partial charge in [-0.05, 0) is 58.5 Å². The highest BCUT2D eigenvalue weighted by Gasteiger charge is 2.26. The van der Waals surface area contributed by atoms with Gasteiger partial charge in [-0.2, -0.15) is 0 Å². The topological polar surface area (TPSA) is 42.0 Å². The van der Waals surface area contributed by atoms with Crippen LogP contribution in [0.4, 0.5) is 4.79 Å². The Morgan fingerprint density at radius 2 is 1.96 bits per heavy atom. The number of ether oxygens (including phenoxy) is 2. The summed E-state index contributed by atoms with van der Waals surface area (Å²) in [5.74, 6) is 0.878. The zero-order valence-electron chi connectivity index (χ0n) is 15.1. The smallest absolute Gasteiger partial charge is 0.410 e. The first-order valence-corrected chi connectivity index (χ1v) is 8.01. The van der Waals surface area contributed by atoms with Gasteiger partial charge in [-0.3, -0.25) is 0 Å². The Balaban J connectivity index is 2.19. The fourth-order valence-corrected chi connectivity index (χ4v) is 2.77. The van der Waals surface area contributed by atoms with Gasteiger partial charge in [-0.15, -0.1) is 0 Å². The fourth-order valence-electron chi connectivity index (χ4n) is 2.77. The molecule has 5 heteroatoms. The molecule has 0 aromatic heterocycles. The predicted octanol–water partition coefficient (Wildman–Crippen LogP) is 3.05. The van der Waals surface area contributed by atoms with Gasteiger partial charge in [0.15, 0.2) is 0 Å². The zero-order valence-corrected chi connectivity index (χ0v) is 15.1. The number of hydrogen-bond donors (Lipinski definition) is 0. The van der Waals surface area contributed by atoms with Crippen LogP contribution in [0, 0.1) is 0 Å². The Bertz CT molecular complexity index is 576. The van der Waals surface area contributed by atoms with Gasteiger partial charge in [0.25, 0.3) is 0 Å². The standard InChI is InChI=1S/C18H28N2O3/c1-18(2,3)23-17(21)20-8-7-13-9-15(11-19(4)5)16(22-6)10-14(13)12-20/h9-10H,7-8,11-12H2,1-6H3. The molecule has 2 rings (SSSR count). The largest absolute Gasteiger partial charge is 0.496 e. The summed E-state index contributed by atoms with van der Waals surface area (Å²) in [6.07, 6.45) is 0.596. The monoisotopic (exact) mass is 320 g/mol. The van der Waals surface area contributed by atoms with E-state index in [1.807, 2.05) is 34.9 Å². The first kappa shape index (κ1) is 17.6. The molecule has 5 nitrogen and oxygen atoms in total. The number of methoxy groups -OCH3 is 1. The molecule has 23 heavy (non-hydrogen) atoms. The van der Waals surface area contributed by atoms with E-state index in [0.717, 1.165) is 24.3 Å². The van der Waals surface area contributed by atoms with E-state index in [4.69, 9.17) is 9.47 Å². The van der Waals surface area contributed by atoms with Crippen LogP contribution in [0.5, 0.6) is 5.75 Å². The van der Waals surface area contributed by atoms with E-state index in [9.17, 15) is 4.79 Å². The van der Waals surface area contributed by atoms with Crippen molar-refractivity contribution in [3.05, 3.63) is 28.8 Å². The van der Waals surface area contributed by atoms with E-state index >= 15 is 0 Å². The van der Waals surface area contributed by atoms with Crippen molar-refractivity contribution in [1.82, 2.24) is 9.80 Å². The maximum atomic E-state index is 12.3. The van der Waals surface area contributed by atoms with Crippen molar-refractivity contribution in [3.63, 3.8) is 0 Å². The number of hydrogen-bond acceptors (Lipinski definition) is 4. The lowest BCUT2D eigenvalue weighted by Gasteiger charge is -2.32. The maximum Gasteiger partial charge on any atom is 0.410 e. The van der Waals surface area contributed by atoms with Gasteiger partial charge >= 0.3 is 6.09 Å². The molecule has 1 heterocycles. The number of carbonyl (C=O) groups is 1. The third-order valence-corrected chi connectivity index (χ3v) is 3.75. The van der Waals surface area contributed by atoms with Crippen molar-refractivity contribution in [2.75, 3.05) is 27.7 Å². The van der Waals surface area contributed by atoms with E-state index in [1.165, 1.54) is 11.1 Å². The Morgan fingerprint density at radius 3 is 2.52 bits per heavy atom. The normalized spacial score (nSPS) is 14.7. The average molecular weight is 320 g/mol. The molecule has 1 aromatic carbocycles. The van der Waals surface area contributed by atoms with Crippen molar-refractivity contribution in [2.45, 2.75) is 45.9 Å². The first-order valence-electron chi connectivity index (χ1n) is 8.01. The molecule has 0 radical (unpaired) electrons. The van der Waals surface area contributed by atoms with Crippen LogP contribution in [0.25, 0.3) is 0 Å². The summed E-state index contributed by atoms with van der Waals surface area (Å²) in [6.45, 7) is 7.77. The Morgan fingerprint density at radius 1 is 1.26 bits per heavy atom. The Labute approximate surface area is 139 Å². The van der Waals surface area contributed by atoms with E-state index in [1.54, 1.807) is 12.0 Å². The second kappa shape index (κ2) is 6.79. The van der Waals surface area contributed by atoms with Crippen molar-refractivity contribution >= 4 is 6.09 Å². The molecule has 0 saturated carbocycles. The van der Waals surface area contributed by atoms with Crippen molar-refractivity contribution < 1.29 is 14.3 Å². The van der Waals surface area contributed by atoms with Crippen LogP contribution in [0.3, 0.4) is 0 Å². The second-order valence-corrected chi connectivity index (χ2v) is 7.32. The van der Waals surface area contributed by atoms with Gasteiger partial charge in [-0.25, -0.2) is 4.79 Å². The minimum atomic E-state index is -0.468. The van der Waals surface area contributed by atoms with Gasteiger partial charge in [0.1, 0.15) is 11.4 Å². The highest BCUT2D eigenvalue weighted by Crippen LogP contribution is 2.29. The number of fused-ring (bicyclic) bond motifs is 1. The number of nitrogens with zero attached hydrogens (tertiary/aromatic N) is 2. The predicted molar refractivity (Wildman–Crippen MR) is 90.7 cm³/mol. The zero-order chi connectivity index (χ0) is 17.2. The lowest BCUT2D eigenvalue weighted by molar-refractivity contribution is 0.0224. The van der Waals surface area contributed by atoms with Crippen LogP contribution in [-0.2, 0) is 24.2 Å². The molecule has 0 N–H and O–H groups in total. The molecular formula is C18H28N2O3. The first-order chi connectivity index (χ1) is 10.7. The van der Waals surface area contributed by atoms with E-state index in [-0.39, 0.29) is 6.09 Å². The van der Waals surface area contributed by atoms with E-state index in [2.05, 4.69) is 17.0 Å². The average Bonchev–Trinajstić information content (AvgIpc) is 2.43. The quantitative estimate of drug-likeness (QED) is 0.858. The third-order valence-electron chi connectivity index (χ3n) is 3.75. The van der Waals surface area contributed by atoms with Crippen LogP contribution in [0.1, 0.15) is 37.5 Å². The van der Waals surface area contributed by atoms with E-state index in [0.29, 0.717) is 13.1 Å². The molecule has 0 aliphatic carbocycles. The number of benzene rings is 1. The molecule has 0 spiro atoms. The highest BCUT2D eigenvalue weighted by molar-refractivity contribution is 5.68. The van der Waals surface area contributed by atoms with Gasteiger partial charge in [0.05, 0.1) is 7.11 Å². The molecule has 0 saturated heterocycles. The Kier molecular flexibility index (Phi) is 5.19. The number of rotatable bonds is 3. The maximum absolute atomic E-state index is 12.3. The third kappa shape index (κ3) is 4.61. The lowest BCUT2D eigenvalue weighted by Crippen LogP contribution is -2.40. The van der Waals surface area contributed by atoms with Crippen LogP contribution < -0.4 is 4.74 Å². The molecule has 1 amide bonds. The second-order valence-electron chi connectivity index (χ2n) is 7.32. The van der Waals surface area contributed by atoms with Crippen LogP contribution >= 0.6 is 0 Å². The molecule has 1 aliphatic rings. The molecular weight excluding hydrogens is 292 g/mol. The van der Waals surface area contributed by atoms with Crippen molar-refractivity contribution in [2.24, 2.45) is 0 Å². The molecule has 1 aromatic rings. The molecule has 0 fully saturated rings. The van der Waals surface area contributed by atoms with Crippen molar-refractivity contribution in [3.8, 4) is 5.75 Å². The molecule has 0 bridgehead atoms. The minimum Gasteiger partial charge on any atom is -0.496 e.